The molecule has 4 nitrogen and oxygen atoms in total. The lowest BCUT2D eigenvalue weighted by Gasteiger charge is -1.92. The zero-order chi connectivity index (χ0) is 13.4. The van der Waals surface area contributed by atoms with E-state index >= 15 is 0 Å². The number of allylic oxidation sites excluding steroid dienone is 2. The van der Waals surface area contributed by atoms with Gasteiger partial charge < -0.3 is 5.11 Å². The van der Waals surface area contributed by atoms with Gasteiger partial charge in [-0.05, 0) is 18.9 Å². The van der Waals surface area contributed by atoms with E-state index in [-0.39, 0.29) is 11.5 Å². The molecule has 1 aliphatic heterocycles. The number of nitrogens with zero attached hydrogens (tertiary/aromatic N) is 1. The van der Waals surface area contributed by atoms with Gasteiger partial charge in [0.2, 0.25) is 5.71 Å². The molecule has 3 rings (SSSR count). The van der Waals surface area contributed by atoms with Crippen LogP contribution in [0.1, 0.15) is 25.3 Å². The Morgan fingerprint density at radius 1 is 1.21 bits per heavy atom. The number of aliphatic hydroxyl groups excluding tert-OH is 1. The summed E-state index contributed by atoms with van der Waals surface area (Å²) in [5.41, 5.74) is 2.90. The van der Waals surface area contributed by atoms with E-state index in [4.69, 9.17) is 4.84 Å². The van der Waals surface area contributed by atoms with Crippen LogP contribution in [-0.4, -0.2) is 21.5 Å². The van der Waals surface area contributed by atoms with Crippen LogP contribution in [0.25, 0.3) is 5.57 Å². The Balaban J connectivity index is 2.10. The van der Waals surface area contributed by atoms with Crippen LogP contribution >= 0.6 is 0 Å². The number of carbonyl (C=O) groups is 1. The van der Waals surface area contributed by atoms with E-state index in [2.05, 4.69) is 0 Å². The standard InChI is InChI=1S/C15H13NO3/c1-10-7-8-12(9-10)16-14(17)13(15(18)19-16)11-5-3-2-4-6-11/h2-6,9H,7-8H2,1H3/p+1/b16-12+. The van der Waals surface area contributed by atoms with Crippen LogP contribution in [0.4, 0.5) is 0 Å². The third-order valence-electron chi connectivity index (χ3n) is 3.31. The molecule has 1 heterocycles. The second kappa shape index (κ2) is 4.39. The van der Waals surface area contributed by atoms with Crippen molar-refractivity contribution in [3.8, 4) is 0 Å². The van der Waals surface area contributed by atoms with Crippen LogP contribution in [0, 0.1) is 0 Å². The Morgan fingerprint density at radius 3 is 2.58 bits per heavy atom. The third-order valence-corrected chi connectivity index (χ3v) is 3.31. The summed E-state index contributed by atoms with van der Waals surface area (Å²) in [6, 6.07) is 9.04. The highest BCUT2D eigenvalue weighted by Crippen LogP contribution is 2.27. The second-order valence-corrected chi connectivity index (χ2v) is 4.72. The van der Waals surface area contributed by atoms with Crippen molar-refractivity contribution in [1.82, 2.24) is 0 Å². The summed E-state index contributed by atoms with van der Waals surface area (Å²) in [6.07, 6.45) is 3.64. The fourth-order valence-corrected chi connectivity index (χ4v) is 2.33. The first-order chi connectivity index (χ1) is 9.16. The Hall–Kier alpha value is -2.36. The van der Waals surface area contributed by atoms with E-state index in [0.717, 1.165) is 18.6 Å². The van der Waals surface area contributed by atoms with E-state index in [9.17, 15) is 9.90 Å². The summed E-state index contributed by atoms with van der Waals surface area (Å²) in [5.74, 6) is -0.647. The fourth-order valence-electron chi connectivity index (χ4n) is 2.33. The topological polar surface area (TPSA) is 49.5 Å². The predicted molar refractivity (Wildman–Crippen MR) is 70.3 cm³/mol. The maximum absolute atomic E-state index is 11.9. The monoisotopic (exact) mass is 256 g/mol. The molecule has 4 heteroatoms. The summed E-state index contributed by atoms with van der Waals surface area (Å²) < 4.78 is 1.24. The molecule has 0 atom stereocenters. The molecule has 0 saturated heterocycles. The summed E-state index contributed by atoms with van der Waals surface area (Å²) >= 11 is 0. The average Bonchev–Trinajstić information content (AvgIpc) is 2.95. The lowest BCUT2D eigenvalue weighted by atomic mass is 10.1. The number of hydrogen-bond acceptors (Lipinski definition) is 3. The van der Waals surface area contributed by atoms with E-state index in [1.807, 2.05) is 31.2 Å². The quantitative estimate of drug-likeness (QED) is 0.620. The molecular formula is C15H14NO3+. The number of carbonyl (C=O) groups excluding carboxylic acids is 1. The van der Waals surface area contributed by atoms with Crippen LogP contribution in [-0.2, 0) is 9.63 Å². The van der Waals surface area contributed by atoms with Crippen LogP contribution in [0.2, 0.25) is 0 Å². The smallest absolute Gasteiger partial charge is 0.431 e. The average molecular weight is 256 g/mol. The minimum atomic E-state index is -0.519. The molecule has 0 amide bonds. The van der Waals surface area contributed by atoms with Crippen molar-refractivity contribution in [2.24, 2.45) is 0 Å². The molecule has 1 aromatic carbocycles. The van der Waals surface area contributed by atoms with Gasteiger partial charge in [0, 0.05) is 12.5 Å². The lowest BCUT2D eigenvalue weighted by Crippen LogP contribution is -2.15. The third kappa shape index (κ3) is 1.95. The van der Waals surface area contributed by atoms with Crippen LogP contribution in [0.3, 0.4) is 0 Å². The predicted octanol–water partition coefficient (Wildman–Crippen LogP) is 2.58. The van der Waals surface area contributed by atoms with E-state index in [1.54, 1.807) is 12.1 Å². The van der Waals surface area contributed by atoms with Crippen molar-refractivity contribution >= 4 is 17.3 Å². The normalized spacial score (nSPS) is 22.8. The molecule has 1 N–H and O–H groups in total. The van der Waals surface area contributed by atoms with Gasteiger partial charge in [0.05, 0.1) is 4.74 Å². The highest BCUT2D eigenvalue weighted by molar-refractivity contribution is 6.17. The van der Waals surface area contributed by atoms with Gasteiger partial charge in [0.15, 0.2) is 5.57 Å². The van der Waals surface area contributed by atoms with Crippen molar-refractivity contribution < 1.29 is 19.5 Å². The molecule has 0 aromatic heterocycles. The Morgan fingerprint density at radius 2 is 1.95 bits per heavy atom. The molecule has 19 heavy (non-hydrogen) atoms. The van der Waals surface area contributed by atoms with Gasteiger partial charge in [-0.2, -0.15) is 4.84 Å². The lowest BCUT2D eigenvalue weighted by molar-refractivity contribution is -0.732. The van der Waals surface area contributed by atoms with Crippen molar-refractivity contribution in [2.75, 3.05) is 0 Å². The van der Waals surface area contributed by atoms with Crippen LogP contribution < -0.4 is 0 Å². The van der Waals surface area contributed by atoms with Crippen molar-refractivity contribution in [3.63, 3.8) is 0 Å². The van der Waals surface area contributed by atoms with Gasteiger partial charge in [0.1, 0.15) is 0 Å². The van der Waals surface area contributed by atoms with E-state index in [0.29, 0.717) is 5.56 Å². The maximum atomic E-state index is 11.9. The maximum Gasteiger partial charge on any atom is 0.431 e. The van der Waals surface area contributed by atoms with Gasteiger partial charge in [-0.25, -0.2) is 4.79 Å². The molecule has 1 aliphatic carbocycles. The van der Waals surface area contributed by atoms with Crippen molar-refractivity contribution in [3.05, 3.63) is 53.4 Å². The first-order valence-electron chi connectivity index (χ1n) is 6.21. The van der Waals surface area contributed by atoms with Crippen molar-refractivity contribution in [2.45, 2.75) is 19.8 Å². The van der Waals surface area contributed by atoms with Gasteiger partial charge in [-0.3, -0.25) is 0 Å². The number of hydroxylamine groups is 1. The number of aliphatic hydroxyl groups is 1. The molecule has 2 aliphatic rings. The van der Waals surface area contributed by atoms with Gasteiger partial charge >= 0.3 is 11.9 Å². The largest absolute Gasteiger partial charge is 0.456 e. The molecular weight excluding hydrogens is 242 g/mol. The molecule has 0 bridgehead atoms. The minimum Gasteiger partial charge on any atom is -0.456 e. The number of rotatable bonds is 1. The Labute approximate surface area is 110 Å². The van der Waals surface area contributed by atoms with Crippen LogP contribution in [0.5, 0.6) is 0 Å². The van der Waals surface area contributed by atoms with E-state index < -0.39 is 5.97 Å². The Bertz CT molecular complexity index is 639. The first-order valence-corrected chi connectivity index (χ1v) is 6.21. The summed E-state index contributed by atoms with van der Waals surface area (Å²) in [4.78, 5) is 17.1. The zero-order valence-corrected chi connectivity index (χ0v) is 10.6. The minimum absolute atomic E-state index is 0.128. The first kappa shape index (κ1) is 11.7. The summed E-state index contributed by atoms with van der Waals surface area (Å²) in [6.45, 7) is 2.02. The number of benzene rings is 1. The highest BCUT2D eigenvalue weighted by atomic mass is 16.7. The van der Waals surface area contributed by atoms with Crippen LogP contribution in [0.15, 0.2) is 47.9 Å². The van der Waals surface area contributed by atoms with E-state index in [1.165, 1.54) is 10.3 Å². The van der Waals surface area contributed by atoms with Gasteiger partial charge in [-0.1, -0.05) is 35.9 Å². The molecule has 96 valence electrons. The second-order valence-electron chi connectivity index (χ2n) is 4.72. The molecule has 0 radical (unpaired) electrons. The Kier molecular flexibility index (Phi) is 2.71. The molecule has 0 saturated carbocycles. The molecule has 0 unspecified atom stereocenters. The van der Waals surface area contributed by atoms with Gasteiger partial charge in [-0.15, -0.1) is 0 Å². The SMILES string of the molecule is CC1=C/C(=[N+]2/OC(=O)C(c3ccccc3)=C2O)CC1. The highest BCUT2D eigenvalue weighted by Gasteiger charge is 2.42. The molecule has 1 aromatic rings. The zero-order valence-electron chi connectivity index (χ0n) is 10.6. The fraction of sp³-hybridized carbons (Fsp3) is 0.200. The summed E-state index contributed by atoms with van der Waals surface area (Å²) in [5, 5.41) is 10.2. The molecule has 0 spiro atoms. The number of hydrogen-bond donors (Lipinski definition) is 1. The van der Waals surface area contributed by atoms with Crippen molar-refractivity contribution in [1.29, 1.82) is 0 Å². The van der Waals surface area contributed by atoms with Gasteiger partial charge in [0.25, 0.3) is 0 Å². The molecule has 0 fully saturated rings. The summed E-state index contributed by atoms with van der Waals surface area (Å²) in [7, 11) is 0.